The Labute approximate surface area is 79.5 Å². The largest absolute Gasteiger partial charge is 0.370 e. The second kappa shape index (κ2) is 5.36. The number of benzene rings is 1. The van der Waals surface area contributed by atoms with Gasteiger partial charge in [0.2, 0.25) is 0 Å². The third kappa shape index (κ3) is 3.28. The quantitative estimate of drug-likeness (QED) is 0.411. The molecule has 2 heteroatoms. The monoisotopic (exact) mass is 175 g/mol. The predicted molar refractivity (Wildman–Crippen MR) is 55.0 cm³/mol. The van der Waals surface area contributed by atoms with Crippen molar-refractivity contribution in [1.29, 1.82) is 5.41 Å². The molecule has 0 saturated carbocycles. The van der Waals surface area contributed by atoms with Crippen molar-refractivity contribution in [2.24, 2.45) is 0 Å². The lowest BCUT2D eigenvalue weighted by Crippen LogP contribution is -2.24. The third-order valence-corrected chi connectivity index (χ3v) is 1.84. The molecule has 69 valence electrons. The molecule has 1 radical (unpaired) electrons. The Kier molecular flexibility index (Phi) is 4.03. The van der Waals surface area contributed by atoms with E-state index in [4.69, 9.17) is 5.41 Å². The van der Waals surface area contributed by atoms with Gasteiger partial charge in [0, 0.05) is 12.1 Å². The Hall–Kier alpha value is -1.31. The molecule has 1 rings (SSSR count). The van der Waals surface area contributed by atoms with Crippen molar-refractivity contribution in [1.82, 2.24) is 5.32 Å². The Morgan fingerprint density at radius 3 is 2.77 bits per heavy atom. The van der Waals surface area contributed by atoms with Crippen LogP contribution >= 0.6 is 0 Å². The fraction of sp³-hybridized carbons (Fsp3) is 0.364. The summed E-state index contributed by atoms with van der Waals surface area (Å²) < 4.78 is 0. The second-order valence-electron chi connectivity index (χ2n) is 2.94. The number of hydrogen-bond donors (Lipinski definition) is 2. The molecule has 0 saturated heterocycles. The fourth-order valence-electron chi connectivity index (χ4n) is 1.05. The SMILES string of the molecule is CCCCNC(=N)c1cc[c]cc1. The van der Waals surface area contributed by atoms with Gasteiger partial charge in [-0.3, -0.25) is 5.41 Å². The number of rotatable bonds is 4. The van der Waals surface area contributed by atoms with Gasteiger partial charge in [-0.25, -0.2) is 0 Å². The predicted octanol–water partition coefficient (Wildman–Crippen LogP) is 2.20. The Balaban J connectivity index is 2.40. The number of amidine groups is 1. The maximum absolute atomic E-state index is 7.68. The topological polar surface area (TPSA) is 35.9 Å². The summed E-state index contributed by atoms with van der Waals surface area (Å²) in [5, 5.41) is 10.8. The number of hydrogen-bond acceptors (Lipinski definition) is 1. The second-order valence-corrected chi connectivity index (χ2v) is 2.94. The van der Waals surface area contributed by atoms with E-state index in [1.807, 2.05) is 24.3 Å². The summed E-state index contributed by atoms with van der Waals surface area (Å²) in [4.78, 5) is 0. The molecule has 13 heavy (non-hydrogen) atoms. The van der Waals surface area contributed by atoms with Gasteiger partial charge < -0.3 is 5.32 Å². The lowest BCUT2D eigenvalue weighted by atomic mass is 10.2. The highest BCUT2D eigenvalue weighted by molar-refractivity contribution is 5.96. The van der Waals surface area contributed by atoms with Crippen LogP contribution in [0.5, 0.6) is 0 Å². The highest BCUT2D eigenvalue weighted by atomic mass is 14.9. The van der Waals surface area contributed by atoms with Crippen molar-refractivity contribution < 1.29 is 0 Å². The van der Waals surface area contributed by atoms with Crippen LogP contribution in [0.2, 0.25) is 0 Å². The molecular formula is C11H15N2. The molecule has 2 N–H and O–H groups in total. The molecule has 0 atom stereocenters. The lowest BCUT2D eigenvalue weighted by molar-refractivity contribution is 0.753. The van der Waals surface area contributed by atoms with E-state index < -0.39 is 0 Å². The molecule has 0 amide bonds. The molecule has 1 aromatic rings. The highest BCUT2D eigenvalue weighted by Crippen LogP contribution is 1.97. The van der Waals surface area contributed by atoms with E-state index in [0.717, 1.165) is 24.9 Å². The first kappa shape index (κ1) is 9.78. The van der Waals surface area contributed by atoms with E-state index in [0.29, 0.717) is 5.84 Å². The first-order valence-electron chi connectivity index (χ1n) is 4.63. The van der Waals surface area contributed by atoms with Crippen molar-refractivity contribution >= 4 is 5.84 Å². The first-order chi connectivity index (χ1) is 6.34. The van der Waals surface area contributed by atoms with Gasteiger partial charge in [0.05, 0.1) is 0 Å². The van der Waals surface area contributed by atoms with Crippen molar-refractivity contribution in [2.75, 3.05) is 6.54 Å². The van der Waals surface area contributed by atoms with E-state index >= 15 is 0 Å². The van der Waals surface area contributed by atoms with E-state index in [1.165, 1.54) is 0 Å². The lowest BCUT2D eigenvalue weighted by Gasteiger charge is -2.06. The van der Waals surface area contributed by atoms with Crippen LogP contribution in [-0.2, 0) is 0 Å². The molecule has 0 bridgehead atoms. The van der Waals surface area contributed by atoms with Crippen LogP contribution in [0.25, 0.3) is 0 Å². The molecule has 2 nitrogen and oxygen atoms in total. The zero-order chi connectivity index (χ0) is 9.52. The van der Waals surface area contributed by atoms with Gasteiger partial charge in [-0.1, -0.05) is 37.6 Å². The Morgan fingerprint density at radius 2 is 2.15 bits per heavy atom. The molecule has 0 heterocycles. The van der Waals surface area contributed by atoms with Gasteiger partial charge in [0.25, 0.3) is 0 Å². The molecular weight excluding hydrogens is 160 g/mol. The molecule has 0 unspecified atom stereocenters. The minimum absolute atomic E-state index is 0.502. The van der Waals surface area contributed by atoms with Crippen LogP contribution < -0.4 is 5.32 Å². The van der Waals surface area contributed by atoms with E-state index in [2.05, 4.69) is 18.3 Å². The zero-order valence-corrected chi connectivity index (χ0v) is 7.93. The molecule has 0 aliphatic carbocycles. The minimum Gasteiger partial charge on any atom is -0.370 e. The van der Waals surface area contributed by atoms with Crippen molar-refractivity contribution in [3.8, 4) is 0 Å². The van der Waals surface area contributed by atoms with Crippen molar-refractivity contribution in [2.45, 2.75) is 19.8 Å². The van der Waals surface area contributed by atoms with Gasteiger partial charge in [-0.05, 0) is 12.5 Å². The van der Waals surface area contributed by atoms with Gasteiger partial charge in [0.15, 0.2) is 0 Å². The van der Waals surface area contributed by atoms with Crippen molar-refractivity contribution in [3.63, 3.8) is 0 Å². The fourth-order valence-corrected chi connectivity index (χ4v) is 1.05. The number of unbranched alkanes of at least 4 members (excludes halogenated alkanes) is 1. The standard InChI is InChI=1S/C11H15N2/c1-2-3-9-13-11(12)10-7-5-4-6-8-10/h5-8H,2-3,9H2,1H3,(H2,12,13). The summed E-state index contributed by atoms with van der Waals surface area (Å²) in [6.07, 6.45) is 2.27. The molecule has 0 spiro atoms. The summed E-state index contributed by atoms with van der Waals surface area (Å²) in [7, 11) is 0. The van der Waals surface area contributed by atoms with Gasteiger partial charge >= 0.3 is 0 Å². The normalized spacial score (nSPS) is 9.62. The molecule has 0 aliphatic heterocycles. The van der Waals surface area contributed by atoms with Crippen molar-refractivity contribution in [3.05, 3.63) is 35.9 Å². The minimum atomic E-state index is 0.502. The van der Waals surface area contributed by atoms with Crippen LogP contribution in [-0.4, -0.2) is 12.4 Å². The molecule has 0 aliphatic rings. The highest BCUT2D eigenvalue weighted by Gasteiger charge is 1.97. The smallest absolute Gasteiger partial charge is 0.125 e. The van der Waals surface area contributed by atoms with E-state index in [-0.39, 0.29) is 0 Å². The third-order valence-electron chi connectivity index (χ3n) is 1.84. The maximum Gasteiger partial charge on any atom is 0.125 e. The van der Waals surface area contributed by atoms with Gasteiger partial charge in [-0.15, -0.1) is 0 Å². The van der Waals surface area contributed by atoms with Crippen LogP contribution in [0.15, 0.2) is 24.3 Å². The van der Waals surface area contributed by atoms with E-state index in [9.17, 15) is 0 Å². The van der Waals surface area contributed by atoms with Crippen LogP contribution in [0, 0.1) is 11.5 Å². The van der Waals surface area contributed by atoms with Crippen LogP contribution in [0.4, 0.5) is 0 Å². The molecule has 0 aromatic heterocycles. The molecule has 1 aromatic carbocycles. The van der Waals surface area contributed by atoms with Crippen LogP contribution in [0.3, 0.4) is 0 Å². The summed E-state index contributed by atoms with van der Waals surface area (Å²) >= 11 is 0. The number of nitrogens with one attached hydrogen (secondary N) is 2. The summed E-state index contributed by atoms with van der Waals surface area (Å²) in [6.45, 7) is 3.02. The summed E-state index contributed by atoms with van der Waals surface area (Å²) in [5.41, 5.74) is 0.926. The van der Waals surface area contributed by atoms with E-state index in [1.54, 1.807) is 0 Å². The summed E-state index contributed by atoms with van der Waals surface area (Å²) in [6, 6.07) is 10.4. The average molecular weight is 175 g/mol. The zero-order valence-electron chi connectivity index (χ0n) is 7.93. The van der Waals surface area contributed by atoms with Crippen LogP contribution in [0.1, 0.15) is 25.3 Å². The Bertz CT molecular complexity index is 254. The Morgan fingerprint density at radius 1 is 1.46 bits per heavy atom. The molecule has 0 fully saturated rings. The maximum atomic E-state index is 7.68. The first-order valence-corrected chi connectivity index (χ1v) is 4.63. The summed E-state index contributed by atoms with van der Waals surface area (Å²) in [5.74, 6) is 0.502. The van der Waals surface area contributed by atoms with Gasteiger partial charge in [0.1, 0.15) is 5.84 Å². The van der Waals surface area contributed by atoms with Gasteiger partial charge in [-0.2, -0.15) is 0 Å². The average Bonchev–Trinajstić information content (AvgIpc) is 2.19.